The molecule has 0 amide bonds. The first kappa shape index (κ1) is 12.4. The zero-order valence-corrected chi connectivity index (χ0v) is 12.0. The average molecular weight is 312 g/mol. The van der Waals surface area contributed by atoms with E-state index in [1.165, 1.54) is 38.8 Å². The van der Waals surface area contributed by atoms with Crippen molar-refractivity contribution in [3.63, 3.8) is 0 Å². The Kier molecular flexibility index (Phi) is 3.80. The third-order valence-corrected chi connectivity index (χ3v) is 3.89. The second-order valence-corrected chi connectivity index (χ2v) is 5.87. The van der Waals surface area contributed by atoms with Gasteiger partial charge in [-0.05, 0) is 54.7 Å². The summed E-state index contributed by atoms with van der Waals surface area (Å²) in [6.07, 6.45) is 5.07. The Bertz CT molecular complexity index is 417. The van der Waals surface area contributed by atoms with E-state index < -0.39 is 0 Å². The molecule has 1 aliphatic heterocycles. The minimum Gasteiger partial charge on any atom is -0.476 e. The van der Waals surface area contributed by atoms with E-state index in [0.717, 1.165) is 17.0 Å². The number of hydrogen-bond donors (Lipinski definition) is 0. The van der Waals surface area contributed by atoms with Crippen LogP contribution in [-0.4, -0.2) is 41.1 Å². The zero-order valence-electron chi connectivity index (χ0n) is 10.4. The van der Waals surface area contributed by atoms with E-state index in [2.05, 4.69) is 30.8 Å². The first-order valence-corrected chi connectivity index (χ1v) is 7.50. The Morgan fingerprint density at radius 2 is 2.06 bits per heavy atom. The lowest BCUT2D eigenvalue weighted by atomic mass is 10.4. The topological polar surface area (TPSA) is 38.2 Å². The highest BCUT2D eigenvalue weighted by Gasteiger charge is 2.27. The Morgan fingerprint density at radius 3 is 2.78 bits per heavy atom. The molecule has 1 saturated heterocycles. The average Bonchev–Trinajstić information content (AvgIpc) is 3.08. The molecular weight excluding hydrogens is 294 g/mol. The molecule has 1 aromatic rings. The highest BCUT2D eigenvalue weighted by atomic mass is 79.9. The quantitative estimate of drug-likeness (QED) is 0.783. The van der Waals surface area contributed by atoms with Gasteiger partial charge in [0.1, 0.15) is 17.0 Å². The Morgan fingerprint density at radius 1 is 1.28 bits per heavy atom. The van der Waals surface area contributed by atoms with Gasteiger partial charge in [-0.1, -0.05) is 0 Å². The summed E-state index contributed by atoms with van der Waals surface area (Å²) in [7, 11) is 0. The van der Waals surface area contributed by atoms with Crippen molar-refractivity contribution in [1.82, 2.24) is 14.9 Å². The molecule has 18 heavy (non-hydrogen) atoms. The molecule has 0 unspecified atom stereocenters. The van der Waals surface area contributed by atoms with Crippen LogP contribution in [-0.2, 0) is 0 Å². The molecule has 98 valence electrons. The lowest BCUT2D eigenvalue weighted by molar-refractivity contribution is 0.231. The predicted molar refractivity (Wildman–Crippen MR) is 72.9 cm³/mol. The Hall–Kier alpha value is -0.680. The van der Waals surface area contributed by atoms with E-state index in [0.29, 0.717) is 18.4 Å². The standard InChI is InChI=1S/C13H18BrN3O/c14-11-9-12(16-13(15-11)10-3-4-10)18-8-7-17-5-1-2-6-17/h9-10H,1-8H2. The third-order valence-electron chi connectivity index (χ3n) is 3.49. The van der Waals surface area contributed by atoms with Crippen molar-refractivity contribution >= 4 is 15.9 Å². The van der Waals surface area contributed by atoms with Crippen molar-refractivity contribution in [3.8, 4) is 5.88 Å². The highest BCUT2D eigenvalue weighted by molar-refractivity contribution is 9.10. The van der Waals surface area contributed by atoms with Crippen molar-refractivity contribution < 1.29 is 4.74 Å². The maximum Gasteiger partial charge on any atom is 0.217 e. The molecule has 4 nitrogen and oxygen atoms in total. The Balaban J connectivity index is 1.54. The van der Waals surface area contributed by atoms with Crippen LogP contribution in [0.2, 0.25) is 0 Å². The van der Waals surface area contributed by atoms with Crippen molar-refractivity contribution in [2.45, 2.75) is 31.6 Å². The van der Waals surface area contributed by atoms with Gasteiger partial charge in [0.05, 0.1) is 0 Å². The highest BCUT2D eigenvalue weighted by Crippen LogP contribution is 2.39. The van der Waals surface area contributed by atoms with Gasteiger partial charge >= 0.3 is 0 Å². The second kappa shape index (κ2) is 5.53. The fourth-order valence-corrected chi connectivity index (χ4v) is 2.67. The number of nitrogens with zero attached hydrogens (tertiary/aromatic N) is 3. The van der Waals surface area contributed by atoms with Crippen LogP contribution >= 0.6 is 15.9 Å². The summed E-state index contributed by atoms with van der Waals surface area (Å²) in [5, 5.41) is 0. The van der Waals surface area contributed by atoms with E-state index in [1.54, 1.807) is 0 Å². The van der Waals surface area contributed by atoms with Crippen LogP contribution in [0.3, 0.4) is 0 Å². The summed E-state index contributed by atoms with van der Waals surface area (Å²) >= 11 is 3.43. The summed E-state index contributed by atoms with van der Waals surface area (Å²) < 4.78 is 6.57. The van der Waals surface area contributed by atoms with Crippen LogP contribution in [0, 0.1) is 0 Å². The van der Waals surface area contributed by atoms with Gasteiger partial charge in [-0.25, -0.2) is 4.98 Å². The van der Waals surface area contributed by atoms with E-state index in [9.17, 15) is 0 Å². The van der Waals surface area contributed by atoms with E-state index in [-0.39, 0.29) is 0 Å². The monoisotopic (exact) mass is 311 g/mol. The summed E-state index contributed by atoms with van der Waals surface area (Å²) in [6.45, 7) is 4.14. The van der Waals surface area contributed by atoms with Gasteiger partial charge in [-0.2, -0.15) is 4.98 Å². The molecule has 1 aromatic heterocycles. The van der Waals surface area contributed by atoms with Crippen LogP contribution in [0.4, 0.5) is 0 Å². The van der Waals surface area contributed by atoms with Crippen LogP contribution in [0.25, 0.3) is 0 Å². The molecule has 2 aliphatic rings. The largest absolute Gasteiger partial charge is 0.476 e. The van der Waals surface area contributed by atoms with Gasteiger partial charge in [0.2, 0.25) is 5.88 Å². The van der Waals surface area contributed by atoms with Gasteiger partial charge in [-0.15, -0.1) is 0 Å². The third kappa shape index (κ3) is 3.20. The second-order valence-electron chi connectivity index (χ2n) is 5.06. The molecule has 1 saturated carbocycles. The molecule has 0 aromatic carbocycles. The maximum absolute atomic E-state index is 5.74. The fraction of sp³-hybridized carbons (Fsp3) is 0.692. The molecule has 0 atom stereocenters. The van der Waals surface area contributed by atoms with Gasteiger partial charge in [0, 0.05) is 18.5 Å². The van der Waals surface area contributed by atoms with Crippen molar-refractivity contribution in [1.29, 1.82) is 0 Å². The summed E-state index contributed by atoms with van der Waals surface area (Å²) in [6, 6.07) is 1.86. The summed E-state index contributed by atoms with van der Waals surface area (Å²) in [4.78, 5) is 11.3. The maximum atomic E-state index is 5.74. The van der Waals surface area contributed by atoms with Crippen LogP contribution < -0.4 is 4.74 Å². The molecule has 2 heterocycles. The van der Waals surface area contributed by atoms with Gasteiger partial charge in [-0.3, -0.25) is 4.90 Å². The Labute approximate surface area is 116 Å². The molecule has 0 N–H and O–H groups in total. The molecule has 3 rings (SSSR count). The molecule has 5 heteroatoms. The lowest BCUT2D eigenvalue weighted by Crippen LogP contribution is -2.25. The minimum atomic E-state index is 0.559. The SMILES string of the molecule is Brc1cc(OCCN2CCCC2)nc(C2CC2)n1. The number of halogens is 1. The molecule has 1 aliphatic carbocycles. The van der Waals surface area contributed by atoms with E-state index >= 15 is 0 Å². The number of aromatic nitrogens is 2. The van der Waals surface area contributed by atoms with Crippen LogP contribution in [0.15, 0.2) is 10.7 Å². The smallest absolute Gasteiger partial charge is 0.217 e. The van der Waals surface area contributed by atoms with Crippen molar-refractivity contribution in [2.24, 2.45) is 0 Å². The predicted octanol–water partition coefficient (Wildman–Crippen LogP) is 2.59. The lowest BCUT2D eigenvalue weighted by Gasteiger charge is -2.14. The first-order chi connectivity index (χ1) is 8.81. The minimum absolute atomic E-state index is 0.559. The van der Waals surface area contributed by atoms with Gasteiger partial charge in [0.25, 0.3) is 0 Å². The number of ether oxygens (including phenoxy) is 1. The van der Waals surface area contributed by atoms with Gasteiger partial charge < -0.3 is 4.74 Å². The fourth-order valence-electron chi connectivity index (χ4n) is 2.30. The number of rotatable bonds is 5. The molecule has 0 radical (unpaired) electrons. The summed E-state index contributed by atoms with van der Waals surface area (Å²) in [5.74, 6) is 2.20. The van der Waals surface area contributed by atoms with E-state index in [4.69, 9.17) is 4.74 Å². The normalized spacial score (nSPS) is 20.3. The molecule has 2 fully saturated rings. The van der Waals surface area contributed by atoms with E-state index in [1.807, 2.05) is 6.07 Å². The number of hydrogen-bond acceptors (Lipinski definition) is 4. The summed E-state index contributed by atoms with van der Waals surface area (Å²) in [5.41, 5.74) is 0. The molecule has 0 spiro atoms. The van der Waals surface area contributed by atoms with Crippen molar-refractivity contribution in [2.75, 3.05) is 26.2 Å². The molecular formula is C13H18BrN3O. The van der Waals surface area contributed by atoms with Crippen LogP contribution in [0.5, 0.6) is 5.88 Å². The van der Waals surface area contributed by atoms with Crippen LogP contribution in [0.1, 0.15) is 37.4 Å². The number of likely N-dealkylation sites (tertiary alicyclic amines) is 1. The van der Waals surface area contributed by atoms with Gasteiger partial charge in [0.15, 0.2) is 0 Å². The van der Waals surface area contributed by atoms with Crippen molar-refractivity contribution in [3.05, 3.63) is 16.5 Å². The molecule has 0 bridgehead atoms. The zero-order chi connectivity index (χ0) is 12.4. The first-order valence-electron chi connectivity index (χ1n) is 6.71.